The van der Waals surface area contributed by atoms with E-state index in [-0.39, 0.29) is 29.0 Å². The quantitative estimate of drug-likeness (QED) is 0.0975. The van der Waals surface area contributed by atoms with Gasteiger partial charge in [0.05, 0.1) is 30.6 Å². The Morgan fingerprint density at radius 2 is 1.15 bits per heavy atom. The lowest BCUT2D eigenvalue weighted by Gasteiger charge is -2.18. The van der Waals surface area contributed by atoms with E-state index in [1.807, 2.05) is 56.8 Å². The zero-order valence-corrected chi connectivity index (χ0v) is 32.2. The summed E-state index contributed by atoms with van der Waals surface area (Å²) < 4.78 is 50.1. The van der Waals surface area contributed by atoms with Gasteiger partial charge in [0.25, 0.3) is 0 Å². The number of ether oxygens (including phenoxy) is 2. The van der Waals surface area contributed by atoms with Crippen LogP contribution < -0.4 is 0 Å². The van der Waals surface area contributed by atoms with Crippen molar-refractivity contribution in [3.05, 3.63) is 80.9 Å². The molecule has 0 amide bonds. The fourth-order valence-corrected chi connectivity index (χ4v) is 7.46. The van der Waals surface area contributed by atoms with Crippen molar-refractivity contribution in [1.29, 1.82) is 0 Å². The van der Waals surface area contributed by atoms with E-state index in [1.54, 1.807) is 18.7 Å². The first-order valence-electron chi connectivity index (χ1n) is 15.9. The number of alkyl halides is 3. The topological polar surface area (TPSA) is 52.6 Å². The smallest absolute Gasteiger partial charge is 0.416 e. The molecule has 10 heteroatoms. The van der Waals surface area contributed by atoms with Crippen molar-refractivity contribution in [2.45, 2.75) is 107 Å². The molecule has 0 fully saturated rings. The highest BCUT2D eigenvalue weighted by atomic mass is 127. The number of rotatable bonds is 13. The number of benzene rings is 3. The Labute approximate surface area is 300 Å². The predicted octanol–water partition coefficient (Wildman–Crippen LogP) is 11.8. The number of hydrogen-bond donors (Lipinski definition) is 0. The van der Waals surface area contributed by atoms with Crippen LogP contribution in [0.4, 0.5) is 13.2 Å². The third-order valence-corrected chi connectivity index (χ3v) is 10.4. The highest BCUT2D eigenvalue weighted by Gasteiger charge is 2.30. The summed E-state index contributed by atoms with van der Waals surface area (Å²) >= 11 is 5.80. The normalized spacial score (nSPS) is 12.7. The minimum absolute atomic E-state index is 0.119. The van der Waals surface area contributed by atoms with Crippen molar-refractivity contribution in [2.75, 3.05) is 13.2 Å². The van der Waals surface area contributed by atoms with Gasteiger partial charge >= 0.3 is 18.1 Å². The van der Waals surface area contributed by atoms with Crippen LogP contribution in [0.2, 0.25) is 0 Å². The van der Waals surface area contributed by atoms with Gasteiger partial charge < -0.3 is 9.47 Å². The van der Waals surface area contributed by atoms with E-state index in [4.69, 9.17) is 9.47 Å². The Morgan fingerprint density at radius 1 is 0.702 bits per heavy atom. The summed E-state index contributed by atoms with van der Waals surface area (Å²) in [6.07, 6.45) is -2.97. The minimum atomic E-state index is -4.36. The summed E-state index contributed by atoms with van der Waals surface area (Å²) in [5.74, 6) is -0.879. The maximum atomic E-state index is 12.8. The molecule has 0 N–H and O–H groups in total. The fraction of sp³-hybridized carbons (Fsp3) is 0.459. The summed E-state index contributed by atoms with van der Waals surface area (Å²) in [7, 11) is 0. The molecule has 0 radical (unpaired) electrons. The molecule has 3 rings (SSSR count). The van der Waals surface area contributed by atoms with Crippen molar-refractivity contribution in [3.8, 4) is 11.1 Å². The monoisotopic (exact) mass is 802 g/mol. The second-order valence-electron chi connectivity index (χ2n) is 11.3. The zero-order chi connectivity index (χ0) is 35.3. The van der Waals surface area contributed by atoms with Gasteiger partial charge in [0.15, 0.2) is 0 Å². The summed E-state index contributed by atoms with van der Waals surface area (Å²) in [5.41, 5.74) is 2.82. The van der Waals surface area contributed by atoms with E-state index in [2.05, 4.69) is 62.4 Å². The van der Waals surface area contributed by atoms with Crippen molar-refractivity contribution < 1.29 is 32.2 Å². The van der Waals surface area contributed by atoms with Gasteiger partial charge in [-0.15, -0.1) is 23.5 Å². The van der Waals surface area contributed by atoms with Crippen LogP contribution in [0.3, 0.4) is 0 Å². The van der Waals surface area contributed by atoms with E-state index >= 15 is 0 Å². The molecule has 4 nitrogen and oxygen atoms in total. The second kappa shape index (κ2) is 19.7. The molecule has 0 spiro atoms. The number of carbonyl (C=O) groups excluding carboxylic acids is 2. The standard InChI is InChI=1S/C22H25F3O2S.C15H21IO2S/c1-5-18(21(26)27-6-2)16-9-12-19(20(13-16)28-14(3)4)15-7-10-17(11-8-15)22(23,24)25;1-5-12(15(17)18-6-2)11-7-8-13(16)14(9-11)19-10(3)4/h7-14,18H,5-6H2,1-4H3;7-10,12H,5-6H2,1-4H3. The molecule has 3 aromatic rings. The Morgan fingerprint density at radius 3 is 1.57 bits per heavy atom. The number of halogens is 4. The fourth-order valence-electron chi connectivity index (χ4n) is 4.83. The molecule has 0 aliphatic carbocycles. The second-order valence-corrected chi connectivity index (χ2v) is 15.7. The van der Waals surface area contributed by atoms with Crippen molar-refractivity contribution in [2.24, 2.45) is 0 Å². The van der Waals surface area contributed by atoms with Gasteiger partial charge in [-0.3, -0.25) is 9.59 Å². The van der Waals surface area contributed by atoms with Gasteiger partial charge in [-0.2, -0.15) is 13.2 Å². The molecule has 2 atom stereocenters. The SMILES string of the molecule is CCOC(=O)C(CC)c1ccc(-c2ccc(C(F)(F)F)cc2)c(SC(C)C)c1.CCOC(=O)C(CC)c1ccc(I)c(SC(C)C)c1. The number of hydrogen-bond acceptors (Lipinski definition) is 6. The molecule has 0 bridgehead atoms. The van der Waals surface area contributed by atoms with Crippen LogP contribution in [-0.2, 0) is 25.2 Å². The minimum Gasteiger partial charge on any atom is -0.466 e. The summed E-state index contributed by atoms with van der Waals surface area (Å²) in [5, 5.41) is 0.817. The molecule has 0 aliphatic rings. The van der Waals surface area contributed by atoms with Crippen LogP contribution in [0.1, 0.15) is 96.8 Å². The van der Waals surface area contributed by atoms with Crippen LogP contribution >= 0.6 is 46.1 Å². The van der Waals surface area contributed by atoms with Gasteiger partial charge in [-0.1, -0.05) is 71.9 Å². The van der Waals surface area contributed by atoms with E-state index in [0.717, 1.165) is 40.1 Å². The Kier molecular flexibility index (Phi) is 17.2. The maximum Gasteiger partial charge on any atom is 0.416 e. The third-order valence-electron chi connectivity index (χ3n) is 6.97. The number of carbonyl (C=O) groups is 2. The number of thioether (sulfide) groups is 2. The highest BCUT2D eigenvalue weighted by molar-refractivity contribution is 14.1. The third kappa shape index (κ3) is 12.7. The van der Waals surface area contributed by atoms with Crippen LogP contribution in [0.5, 0.6) is 0 Å². The molecule has 47 heavy (non-hydrogen) atoms. The lowest BCUT2D eigenvalue weighted by Crippen LogP contribution is -2.15. The first-order valence-corrected chi connectivity index (χ1v) is 18.8. The maximum absolute atomic E-state index is 12.8. The molecule has 258 valence electrons. The first kappa shape index (κ1) is 41.0. The van der Waals surface area contributed by atoms with Crippen molar-refractivity contribution >= 4 is 58.1 Å². The first-order chi connectivity index (χ1) is 22.2. The van der Waals surface area contributed by atoms with E-state index in [0.29, 0.717) is 30.4 Å². The molecule has 0 heterocycles. The molecule has 3 aromatic carbocycles. The van der Waals surface area contributed by atoms with Gasteiger partial charge in [-0.25, -0.2) is 0 Å². The van der Waals surface area contributed by atoms with E-state index < -0.39 is 11.7 Å². The Hall–Kier alpha value is -2.18. The van der Waals surface area contributed by atoms with Gasteiger partial charge in [0.1, 0.15) is 0 Å². The largest absolute Gasteiger partial charge is 0.466 e. The highest BCUT2D eigenvalue weighted by Crippen LogP contribution is 2.38. The number of esters is 2. The van der Waals surface area contributed by atoms with Crippen LogP contribution in [-0.4, -0.2) is 35.7 Å². The van der Waals surface area contributed by atoms with Crippen molar-refractivity contribution in [1.82, 2.24) is 0 Å². The Bertz CT molecular complexity index is 1440. The lowest BCUT2D eigenvalue weighted by atomic mass is 9.94. The molecular formula is C37H46F3IO4S2. The van der Waals surface area contributed by atoms with Gasteiger partial charge in [-0.05, 0) is 102 Å². The van der Waals surface area contributed by atoms with Gasteiger partial charge in [0, 0.05) is 23.9 Å². The van der Waals surface area contributed by atoms with Crippen LogP contribution in [0.15, 0.2) is 70.5 Å². The van der Waals surface area contributed by atoms with Crippen molar-refractivity contribution in [3.63, 3.8) is 0 Å². The van der Waals surface area contributed by atoms with E-state index in [9.17, 15) is 22.8 Å². The average molecular weight is 803 g/mol. The summed E-state index contributed by atoms with van der Waals surface area (Å²) in [6, 6.07) is 17.1. The molecule has 0 saturated carbocycles. The Balaban J connectivity index is 0.000000353. The predicted molar refractivity (Wildman–Crippen MR) is 197 cm³/mol. The summed E-state index contributed by atoms with van der Waals surface area (Å²) in [4.78, 5) is 26.4. The van der Waals surface area contributed by atoms with Gasteiger partial charge in [0.2, 0.25) is 0 Å². The molecule has 0 aromatic heterocycles. The molecule has 2 unspecified atom stereocenters. The van der Waals surface area contributed by atoms with Crippen LogP contribution in [0.25, 0.3) is 11.1 Å². The zero-order valence-electron chi connectivity index (χ0n) is 28.4. The van der Waals surface area contributed by atoms with E-state index in [1.165, 1.54) is 20.6 Å². The lowest BCUT2D eigenvalue weighted by molar-refractivity contribution is -0.146. The molecule has 0 aliphatic heterocycles. The molecule has 0 saturated heterocycles. The summed E-state index contributed by atoms with van der Waals surface area (Å²) in [6.45, 7) is 16.8. The van der Waals surface area contributed by atoms with Crippen LogP contribution in [0, 0.1) is 3.57 Å². The molecular weight excluding hydrogens is 756 g/mol. The average Bonchev–Trinajstić information content (AvgIpc) is 2.99.